The van der Waals surface area contributed by atoms with Gasteiger partial charge in [0, 0.05) is 18.9 Å². The van der Waals surface area contributed by atoms with E-state index in [-0.39, 0.29) is 18.1 Å². The number of rotatable bonds is 5. The Labute approximate surface area is 131 Å². The van der Waals surface area contributed by atoms with Crippen LogP contribution in [0.5, 0.6) is 0 Å². The summed E-state index contributed by atoms with van der Waals surface area (Å²) >= 11 is 6.97. The highest BCUT2D eigenvalue weighted by molar-refractivity contribution is 7.18. The van der Waals surface area contributed by atoms with Crippen LogP contribution in [-0.4, -0.2) is 40.3 Å². The molecule has 1 aromatic rings. The normalized spacial score (nSPS) is 19.5. The van der Waals surface area contributed by atoms with Crippen LogP contribution in [0.2, 0.25) is 4.34 Å². The van der Waals surface area contributed by atoms with E-state index in [1.807, 2.05) is 0 Å². The molecule has 1 fully saturated rings. The molecule has 1 aliphatic rings. The van der Waals surface area contributed by atoms with Crippen molar-refractivity contribution in [3.8, 4) is 0 Å². The zero-order chi connectivity index (χ0) is 15.6. The lowest BCUT2D eigenvalue weighted by Crippen LogP contribution is -2.43. The van der Waals surface area contributed by atoms with Crippen molar-refractivity contribution >= 4 is 40.6 Å². The van der Waals surface area contributed by atoms with Crippen molar-refractivity contribution in [1.29, 1.82) is 0 Å². The number of carboxylic acids is 1. The lowest BCUT2D eigenvalue weighted by molar-refractivity contribution is -0.149. The van der Waals surface area contributed by atoms with Crippen LogP contribution in [0.15, 0.2) is 12.1 Å². The summed E-state index contributed by atoms with van der Waals surface area (Å²) in [4.78, 5) is 37.4. The second-order valence-corrected chi connectivity index (χ2v) is 6.88. The first kappa shape index (κ1) is 16.0. The van der Waals surface area contributed by atoms with Crippen molar-refractivity contribution < 1.29 is 19.5 Å². The van der Waals surface area contributed by atoms with Crippen LogP contribution >= 0.6 is 22.9 Å². The third kappa shape index (κ3) is 3.63. The first-order chi connectivity index (χ1) is 9.90. The summed E-state index contributed by atoms with van der Waals surface area (Å²) in [5.41, 5.74) is 0. The van der Waals surface area contributed by atoms with Gasteiger partial charge in [0.25, 0.3) is 0 Å². The Morgan fingerprint density at radius 3 is 2.76 bits per heavy atom. The molecule has 1 saturated heterocycles. The van der Waals surface area contributed by atoms with E-state index in [1.165, 1.54) is 16.2 Å². The smallest absolute Gasteiger partial charge is 0.326 e. The molecule has 114 valence electrons. The lowest BCUT2D eigenvalue weighted by Gasteiger charge is -2.24. The van der Waals surface area contributed by atoms with Gasteiger partial charge >= 0.3 is 5.97 Å². The Hall–Kier alpha value is -1.40. The zero-order valence-corrected chi connectivity index (χ0v) is 13.1. The summed E-state index contributed by atoms with van der Waals surface area (Å²) in [7, 11) is 0. The summed E-state index contributed by atoms with van der Waals surface area (Å²) in [6, 6.07) is 2.53. The molecule has 1 aliphatic heterocycles. The van der Waals surface area contributed by atoms with Crippen LogP contribution in [0, 0.1) is 5.92 Å². The van der Waals surface area contributed by atoms with E-state index in [4.69, 9.17) is 16.7 Å². The Morgan fingerprint density at radius 2 is 2.19 bits per heavy atom. The predicted octanol–water partition coefficient (Wildman–Crippen LogP) is 2.69. The molecule has 0 aromatic carbocycles. The van der Waals surface area contributed by atoms with Gasteiger partial charge in [-0.05, 0) is 25.0 Å². The van der Waals surface area contributed by atoms with Crippen LogP contribution in [0.25, 0.3) is 0 Å². The molecule has 0 bridgehead atoms. The van der Waals surface area contributed by atoms with Crippen molar-refractivity contribution in [2.45, 2.75) is 32.2 Å². The summed E-state index contributed by atoms with van der Waals surface area (Å²) in [6.45, 7) is 2.10. The van der Waals surface area contributed by atoms with E-state index in [0.717, 1.165) is 0 Å². The van der Waals surface area contributed by atoms with E-state index < -0.39 is 17.9 Å². The molecule has 2 rings (SSSR count). The van der Waals surface area contributed by atoms with Gasteiger partial charge in [0.05, 0.1) is 9.21 Å². The summed E-state index contributed by atoms with van der Waals surface area (Å²) in [5, 5.41) is 9.10. The van der Waals surface area contributed by atoms with Crippen molar-refractivity contribution in [1.82, 2.24) is 4.90 Å². The second kappa shape index (κ2) is 6.58. The molecule has 7 heteroatoms. The van der Waals surface area contributed by atoms with Gasteiger partial charge in [-0.3, -0.25) is 9.59 Å². The number of amides is 1. The van der Waals surface area contributed by atoms with E-state index in [2.05, 4.69) is 0 Å². The molecular weight excluding hydrogens is 314 g/mol. The minimum absolute atomic E-state index is 0.0680. The first-order valence-corrected chi connectivity index (χ1v) is 7.91. The Kier molecular flexibility index (Phi) is 5.00. The van der Waals surface area contributed by atoms with Gasteiger partial charge in [0.15, 0.2) is 5.78 Å². The molecule has 2 atom stereocenters. The van der Waals surface area contributed by atoms with Crippen LogP contribution < -0.4 is 0 Å². The second-order valence-electron chi connectivity index (χ2n) is 5.16. The van der Waals surface area contributed by atoms with Crippen LogP contribution in [0.1, 0.15) is 35.9 Å². The molecule has 2 heterocycles. The number of carboxylic acid groups (broad SMARTS) is 1. The number of carbonyl (C=O) groups is 3. The predicted molar refractivity (Wildman–Crippen MR) is 79.8 cm³/mol. The van der Waals surface area contributed by atoms with Crippen LogP contribution in [0.3, 0.4) is 0 Å². The van der Waals surface area contributed by atoms with E-state index >= 15 is 0 Å². The molecule has 0 radical (unpaired) electrons. The van der Waals surface area contributed by atoms with Gasteiger partial charge in [-0.2, -0.15) is 0 Å². The number of nitrogens with zero attached hydrogens (tertiary/aromatic N) is 1. The van der Waals surface area contributed by atoms with Crippen molar-refractivity contribution in [3.63, 3.8) is 0 Å². The maximum absolute atomic E-state index is 12.3. The maximum Gasteiger partial charge on any atom is 0.326 e. The minimum atomic E-state index is -0.982. The number of thiophene rings is 1. The number of likely N-dealkylation sites (tertiary alicyclic amines) is 1. The number of aliphatic carboxylic acids is 1. The fraction of sp³-hybridized carbons (Fsp3) is 0.500. The molecule has 0 saturated carbocycles. The summed E-state index contributed by atoms with van der Waals surface area (Å²) in [5.74, 6) is -1.92. The third-order valence-corrected chi connectivity index (χ3v) is 4.85. The first-order valence-electron chi connectivity index (χ1n) is 6.72. The van der Waals surface area contributed by atoms with Gasteiger partial charge in [-0.15, -0.1) is 11.3 Å². The van der Waals surface area contributed by atoms with Crippen molar-refractivity contribution in [2.24, 2.45) is 5.92 Å². The fourth-order valence-corrected chi connectivity index (χ4v) is 3.49. The molecule has 1 aromatic heterocycles. The summed E-state index contributed by atoms with van der Waals surface area (Å²) < 4.78 is 0.530. The number of halogens is 1. The SMILES string of the molecule is C[C@@H](CC(=O)c1ccc(Cl)s1)C(=O)N1CCC[C@H]1C(=O)O. The van der Waals surface area contributed by atoms with E-state index in [9.17, 15) is 14.4 Å². The van der Waals surface area contributed by atoms with Gasteiger partial charge in [-0.1, -0.05) is 18.5 Å². The van der Waals surface area contributed by atoms with E-state index in [1.54, 1.807) is 19.1 Å². The van der Waals surface area contributed by atoms with Gasteiger partial charge in [0.1, 0.15) is 6.04 Å². The molecule has 0 aliphatic carbocycles. The standard InChI is InChI=1S/C14H16ClNO4S/c1-8(7-10(17)11-4-5-12(15)21-11)13(18)16-6-2-3-9(16)14(19)20/h4-5,8-9H,2-3,6-7H2,1H3,(H,19,20)/t8-,9-/m0/s1. The third-order valence-electron chi connectivity index (χ3n) is 3.58. The summed E-state index contributed by atoms with van der Waals surface area (Å²) in [6.07, 6.45) is 1.23. The Bertz CT molecular complexity index is 571. The molecule has 1 amide bonds. The van der Waals surface area contributed by atoms with Crippen molar-refractivity contribution in [2.75, 3.05) is 6.54 Å². The van der Waals surface area contributed by atoms with Crippen LogP contribution in [0.4, 0.5) is 0 Å². The lowest BCUT2D eigenvalue weighted by atomic mass is 10.0. The number of hydrogen-bond acceptors (Lipinski definition) is 4. The highest BCUT2D eigenvalue weighted by atomic mass is 35.5. The number of hydrogen-bond donors (Lipinski definition) is 1. The van der Waals surface area contributed by atoms with Gasteiger partial charge in [0.2, 0.25) is 5.91 Å². The Morgan fingerprint density at radius 1 is 1.48 bits per heavy atom. The fourth-order valence-electron chi connectivity index (χ4n) is 2.50. The number of ketones is 1. The monoisotopic (exact) mass is 329 g/mol. The average molecular weight is 330 g/mol. The molecular formula is C14H16ClNO4S. The van der Waals surface area contributed by atoms with Crippen LogP contribution in [-0.2, 0) is 9.59 Å². The molecule has 1 N–H and O–H groups in total. The quantitative estimate of drug-likeness (QED) is 0.843. The highest BCUT2D eigenvalue weighted by Gasteiger charge is 2.36. The minimum Gasteiger partial charge on any atom is -0.480 e. The number of Topliss-reactive ketones (excluding diaryl/α,β-unsaturated/α-hetero) is 1. The van der Waals surface area contributed by atoms with Gasteiger partial charge < -0.3 is 10.0 Å². The molecule has 5 nitrogen and oxygen atoms in total. The number of carbonyl (C=O) groups excluding carboxylic acids is 2. The average Bonchev–Trinajstić information content (AvgIpc) is 3.05. The van der Waals surface area contributed by atoms with Gasteiger partial charge in [-0.25, -0.2) is 4.79 Å². The largest absolute Gasteiger partial charge is 0.480 e. The Balaban J connectivity index is 1.99. The topological polar surface area (TPSA) is 74.7 Å². The van der Waals surface area contributed by atoms with Crippen molar-refractivity contribution in [3.05, 3.63) is 21.3 Å². The molecule has 0 spiro atoms. The molecule has 21 heavy (non-hydrogen) atoms. The molecule has 0 unspecified atom stereocenters. The zero-order valence-electron chi connectivity index (χ0n) is 11.5. The van der Waals surface area contributed by atoms with E-state index in [0.29, 0.717) is 28.6 Å². The maximum atomic E-state index is 12.3. The highest BCUT2D eigenvalue weighted by Crippen LogP contribution is 2.25.